The van der Waals surface area contributed by atoms with Gasteiger partial charge in [-0.3, -0.25) is 4.79 Å². The number of carbonyl (C=O) groups excluding carboxylic acids is 1. The molecule has 116 valence electrons. The lowest BCUT2D eigenvalue weighted by molar-refractivity contribution is -0.124. The highest BCUT2D eigenvalue weighted by atomic mass is 125. The van der Waals surface area contributed by atoms with Crippen molar-refractivity contribution in [2.75, 3.05) is 5.32 Å². The highest BCUT2D eigenvalue weighted by Gasteiger charge is 2.35. The monoisotopic (exact) mass is 397 g/mol. The van der Waals surface area contributed by atoms with Crippen LogP contribution >= 0.6 is 22.6 Å². The Morgan fingerprint density at radius 1 is 1.33 bits per heavy atom. The molecule has 2 rings (SSSR count). The highest BCUT2D eigenvalue weighted by molar-refractivity contribution is 14.1. The number of amides is 1. The van der Waals surface area contributed by atoms with Crippen LogP contribution in [0.25, 0.3) is 0 Å². The number of nitrogens with one attached hydrogen (secondary N) is 1. The Morgan fingerprint density at radius 3 is 2.67 bits per heavy atom. The number of aryl methyl sites for hydroxylation is 1. The van der Waals surface area contributed by atoms with Gasteiger partial charge in [0.2, 0.25) is 5.91 Å². The van der Waals surface area contributed by atoms with E-state index in [1.165, 1.54) is 16.4 Å². The number of hydrogen-bond donors (Lipinski definition) is 1. The third kappa shape index (κ3) is 4.21. The van der Waals surface area contributed by atoms with Crippen LogP contribution in [0, 0.1) is 34.2 Å². The maximum atomic E-state index is 12.8. The van der Waals surface area contributed by atoms with Crippen LogP contribution in [0.5, 0.6) is 0 Å². The van der Waals surface area contributed by atoms with Crippen molar-refractivity contribution in [3.8, 4) is 0 Å². The van der Waals surface area contributed by atoms with Crippen LogP contribution in [0.4, 0.5) is 5.69 Å². The van der Waals surface area contributed by atoms with Gasteiger partial charge in [0, 0.05) is 15.2 Å². The molecule has 0 heterocycles. The molecule has 1 fully saturated rings. The molecule has 1 N–H and O–H groups in total. The standard InChI is InChI=1S/C18H26INO/c1-11(2)15-7-5-12(3)9-16(15)18(21)20-17-8-6-14(19)10-13(17)4/h6,8,10-12,15-16H,5,7,9H2,1-4H3,(H,20,21)/i19-2. The van der Waals surface area contributed by atoms with E-state index in [0.717, 1.165) is 17.7 Å². The topological polar surface area (TPSA) is 29.1 Å². The Morgan fingerprint density at radius 2 is 2.05 bits per heavy atom. The number of hydrogen-bond acceptors (Lipinski definition) is 1. The van der Waals surface area contributed by atoms with E-state index in [0.29, 0.717) is 17.8 Å². The van der Waals surface area contributed by atoms with Gasteiger partial charge in [-0.25, -0.2) is 0 Å². The predicted octanol–water partition coefficient (Wildman–Crippen LogP) is 5.25. The number of rotatable bonds is 3. The van der Waals surface area contributed by atoms with Crippen LogP contribution < -0.4 is 5.32 Å². The van der Waals surface area contributed by atoms with Crippen molar-refractivity contribution in [3.63, 3.8) is 0 Å². The van der Waals surface area contributed by atoms with Gasteiger partial charge in [-0.05, 0) is 83.9 Å². The fourth-order valence-electron chi connectivity index (χ4n) is 3.50. The first-order valence-corrected chi connectivity index (χ1v) is 9.03. The molecule has 3 atom stereocenters. The first kappa shape index (κ1) is 16.8. The minimum Gasteiger partial charge on any atom is -0.326 e. The summed E-state index contributed by atoms with van der Waals surface area (Å²) in [5.74, 6) is 2.13. The second-order valence-electron chi connectivity index (χ2n) is 6.88. The first-order valence-electron chi connectivity index (χ1n) is 7.95. The van der Waals surface area contributed by atoms with Crippen LogP contribution in [-0.4, -0.2) is 5.91 Å². The van der Waals surface area contributed by atoms with Gasteiger partial charge in [0.15, 0.2) is 0 Å². The number of halogens is 1. The summed E-state index contributed by atoms with van der Waals surface area (Å²) in [7, 11) is 0. The van der Waals surface area contributed by atoms with Gasteiger partial charge in [-0.15, -0.1) is 0 Å². The number of benzene rings is 1. The van der Waals surface area contributed by atoms with E-state index in [-0.39, 0.29) is 11.8 Å². The molecule has 2 nitrogen and oxygen atoms in total. The molecule has 1 aromatic carbocycles. The van der Waals surface area contributed by atoms with E-state index in [4.69, 9.17) is 0 Å². The Hall–Kier alpha value is -0.580. The van der Waals surface area contributed by atoms with Crippen molar-refractivity contribution in [1.29, 1.82) is 0 Å². The molecule has 0 saturated heterocycles. The van der Waals surface area contributed by atoms with Crippen molar-refractivity contribution in [2.24, 2.45) is 23.7 Å². The second kappa shape index (κ2) is 7.12. The maximum absolute atomic E-state index is 12.8. The van der Waals surface area contributed by atoms with Crippen LogP contribution in [-0.2, 0) is 4.79 Å². The van der Waals surface area contributed by atoms with E-state index in [1.807, 2.05) is 12.1 Å². The largest absolute Gasteiger partial charge is 0.326 e. The zero-order chi connectivity index (χ0) is 15.6. The molecule has 1 amide bonds. The third-order valence-corrected chi connectivity index (χ3v) is 5.48. The van der Waals surface area contributed by atoms with Crippen LogP contribution in [0.2, 0.25) is 0 Å². The normalized spacial score (nSPS) is 25.9. The molecule has 0 bridgehead atoms. The fraction of sp³-hybridized carbons (Fsp3) is 0.611. The predicted molar refractivity (Wildman–Crippen MR) is 97.4 cm³/mol. The van der Waals surface area contributed by atoms with Crippen LogP contribution in [0.1, 0.15) is 45.6 Å². The minimum absolute atomic E-state index is 0.160. The summed E-state index contributed by atoms with van der Waals surface area (Å²) in [6, 6.07) is 6.18. The molecule has 3 heteroatoms. The van der Waals surface area contributed by atoms with Crippen LogP contribution in [0.15, 0.2) is 18.2 Å². The van der Waals surface area contributed by atoms with Gasteiger partial charge < -0.3 is 5.32 Å². The number of carbonyl (C=O) groups is 1. The summed E-state index contributed by atoms with van der Waals surface area (Å²) in [5.41, 5.74) is 2.10. The molecule has 3 unspecified atom stereocenters. The molecule has 1 aliphatic carbocycles. The van der Waals surface area contributed by atoms with Crippen molar-refractivity contribution < 1.29 is 4.79 Å². The zero-order valence-electron chi connectivity index (χ0n) is 13.4. The summed E-state index contributed by atoms with van der Waals surface area (Å²) in [6.45, 7) is 8.82. The maximum Gasteiger partial charge on any atom is 0.227 e. The zero-order valence-corrected chi connectivity index (χ0v) is 15.6. The fourth-order valence-corrected chi connectivity index (χ4v) is 4.14. The van der Waals surface area contributed by atoms with Crippen molar-refractivity contribution in [2.45, 2.75) is 47.0 Å². The Bertz CT molecular complexity index is 512. The summed E-state index contributed by atoms with van der Waals surface area (Å²) in [5, 5.41) is 3.17. The Kier molecular flexibility index (Phi) is 5.69. The van der Waals surface area contributed by atoms with Crippen molar-refractivity contribution in [1.82, 2.24) is 0 Å². The molecule has 0 aromatic heterocycles. The molecule has 21 heavy (non-hydrogen) atoms. The van der Waals surface area contributed by atoms with E-state index in [1.54, 1.807) is 0 Å². The molecular weight excluding hydrogens is 371 g/mol. The SMILES string of the molecule is Cc1cc([125I])ccc1NC(=O)C1CC(C)CCC1C(C)C. The Balaban J connectivity index is 2.13. The van der Waals surface area contributed by atoms with Gasteiger partial charge in [0.25, 0.3) is 0 Å². The summed E-state index contributed by atoms with van der Waals surface area (Å²) in [6.07, 6.45) is 3.47. The van der Waals surface area contributed by atoms with Gasteiger partial charge in [-0.2, -0.15) is 0 Å². The molecule has 1 saturated carbocycles. The lowest BCUT2D eigenvalue weighted by Gasteiger charge is -2.36. The smallest absolute Gasteiger partial charge is 0.227 e. The summed E-state index contributed by atoms with van der Waals surface area (Å²) in [4.78, 5) is 12.8. The minimum atomic E-state index is 0.160. The summed E-state index contributed by atoms with van der Waals surface area (Å²) >= 11 is 2.30. The molecule has 1 aromatic rings. The molecular formula is C18H26INO. The third-order valence-electron chi connectivity index (χ3n) is 4.81. The molecule has 0 aliphatic heterocycles. The second-order valence-corrected chi connectivity index (χ2v) is 8.13. The average Bonchev–Trinajstić information content (AvgIpc) is 2.41. The Labute approximate surface area is 142 Å². The molecule has 0 radical (unpaired) electrons. The van der Waals surface area contributed by atoms with E-state index < -0.39 is 0 Å². The summed E-state index contributed by atoms with van der Waals surface area (Å²) < 4.78 is 1.20. The van der Waals surface area contributed by atoms with E-state index >= 15 is 0 Å². The molecule has 0 spiro atoms. The van der Waals surface area contributed by atoms with Crippen molar-refractivity contribution in [3.05, 3.63) is 27.3 Å². The van der Waals surface area contributed by atoms with Gasteiger partial charge >= 0.3 is 0 Å². The first-order chi connectivity index (χ1) is 9.88. The van der Waals surface area contributed by atoms with Gasteiger partial charge in [-0.1, -0.05) is 27.2 Å². The lowest BCUT2D eigenvalue weighted by atomic mass is 9.70. The van der Waals surface area contributed by atoms with Crippen LogP contribution in [0.3, 0.4) is 0 Å². The molecule has 1 aliphatic rings. The lowest BCUT2D eigenvalue weighted by Crippen LogP contribution is -2.36. The van der Waals surface area contributed by atoms with Gasteiger partial charge in [0.1, 0.15) is 0 Å². The number of anilines is 1. The van der Waals surface area contributed by atoms with Gasteiger partial charge in [0.05, 0.1) is 0 Å². The highest BCUT2D eigenvalue weighted by Crippen LogP contribution is 2.38. The van der Waals surface area contributed by atoms with E-state index in [9.17, 15) is 4.79 Å². The quantitative estimate of drug-likeness (QED) is 0.694. The average molecular weight is 397 g/mol. The van der Waals surface area contributed by atoms with E-state index in [2.05, 4.69) is 61.7 Å². The van der Waals surface area contributed by atoms with Crippen molar-refractivity contribution >= 4 is 34.2 Å².